The molecular weight excluding hydrogens is 457 g/mol. The van der Waals surface area contributed by atoms with Crippen LogP contribution in [0, 0.1) is 0 Å². The van der Waals surface area contributed by atoms with Crippen LogP contribution in [0.2, 0.25) is 0 Å². The van der Waals surface area contributed by atoms with Gasteiger partial charge in [0.25, 0.3) is 5.91 Å². The van der Waals surface area contributed by atoms with E-state index in [4.69, 9.17) is 0 Å². The summed E-state index contributed by atoms with van der Waals surface area (Å²) in [6.07, 6.45) is 2.45. The summed E-state index contributed by atoms with van der Waals surface area (Å²) in [5.41, 5.74) is 2.43. The Bertz CT molecular complexity index is 1370. The molecule has 1 aliphatic heterocycles. The second-order valence-corrected chi connectivity index (χ2v) is 8.25. The minimum Gasteiger partial charge on any atom is -0.406 e. The number of benzene rings is 2. The van der Waals surface area contributed by atoms with Crippen LogP contribution in [0.5, 0.6) is 5.75 Å². The van der Waals surface area contributed by atoms with Gasteiger partial charge in [-0.2, -0.15) is 0 Å². The highest BCUT2D eigenvalue weighted by Gasteiger charge is 2.31. The molecule has 2 aromatic carbocycles. The number of carbonyl (C=O) groups is 1. The molecular formula is C26H21F3N4O2. The summed E-state index contributed by atoms with van der Waals surface area (Å²) in [5.74, 6) is 0.0369. The molecule has 6 nitrogen and oxygen atoms in total. The molecule has 5 rings (SSSR count). The van der Waals surface area contributed by atoms with Gasteiger partial charge in [0.1, 0.15) is 11.6 Å². The fourth-order valence-corrected chi connectivity index (χ4v) is 4.17. The number of hydrogen-bond acceptors (Lipinski definition) is 5. The number of hydrogen-bond donors (Lipinski definition) is 1. The molecule has 1 N–H and O–H groups in total. The number of pyridine rings is 2. The van der Waals surface area contributed by atoms with Gasteiger partial charge in [0, 0.05) is 48.3 Å². The molecule has 1 amide bonds. The van der Waals surface area contributed by atoms with Gasteiger partial charge < -0.3 is 15.0 Å². The lowest BCUT2D eigenvalue weighted by molar-refractivity contribution is -0.274. The monoisotopic (exact) mass is 478 g/mol. The molecule has 0 aliphatic carbocycles. The molecule has 9 heteroatoms. The first-order valence-corrected chi connectivity index (χ1v) is 11.1. The van der Waals surface area contributed by atoms with Crippen molar-refractivity contribution in [3.63, 3.8) is 0 Å². The Balaban J connectivity index is 1.45. The second kappa shape index (κ2) is 9.25. The molecule has 0 unspecified atom stereocenters. The molecule has 1 aliphatic rings. The molecule has 1 fully saturated rings. The van der Waals surface area contributed by atoms with E-state index < -0.39 is 12.3 Å². The van der Waals surface area contributed by atoms with Crippen LogP contribution in [0.25, 0.3) is 21.9 Å². The van der Waals surface area contributed by atoms with E-state index in [9.17, 15) is 18.0 Å². The smallest absolute Gasteiger partial charge is 0.406 e. The lowest BCUT2D eigenvalue weighted by Gasteiger charge is -2.21. The average molecular weight is 478 g/mol. The average Bonchev–Trinajstić information content (AvgIpc) is 3.38. The third-order valence-corrected chi connectivity index (χ3v) is 5.83. The van der Waals surface area contributed by atoms with Gasteiger partial charge in [0.2, 0.25) is 0 Å². The molecule has 35 heavy (non-hydrogen) atoms. The van der Waals surface area contributed by atoms with E-state index >= 15 is 0 Å². The van der Waals surface area contributed by atoms with Crippen molar-refractivity contribution in [3.05, 3.63) is 78.8 Å². The summed E-state index contributed by atoms with van der Waals surface area (Å²) in [6.45, 7) is 1.79. The predicted molar refractivity (Wildman–Crippen MR) is 127 cm³/mol. The largest absolute Gasteiger partial charge is 0.573 e. The Hall–Kier alpha value is -4.14. The number of anilines is 2. The number of rotatable bonds is 5. The number of aromatic nitrogens is 2. The highest BCUT2D eigenvalue weighted by Crippen LogP contribution is 2.34. The number of carbonyl (C=O) groups excluding carboxylic acids is 1. The van der Waals surface area contributed by atoms with E-state index in [0.29, 0.717) is 11.3 Å². The molecule has 0 radical (unpaired) electrons. The lowest BCUT2D eigenvalue weighted by Crippen LogP contribution is -2.21. The van der Waals surface area contributed by atoms with E-state index in [1.807, 2.05) is 24.3 Å². The fraction of sp³-hybridized carbons (Fsp3) is 0.192. The Morgan fingerprint density at radius 2 is 1.71 bits per heavy atom. The quantitative estimate of drug-likeness (QED) is 0.378. The Morgan fingerprint density at radius 1 is 0.943 bits per heavy atom. The number of fused-ring (bicyclic) bond motifs is 1. The SMILES string of the molecule is O=C(Nc1ccc(OC(F)(F)F)cc1)c1cnc(N2CCCC2)c(-c2ccc3ccncc3c2)c1. The number of alkyl halides is 3. The minimum atomic E-state index is -4.78. The van der Waals surface area contributed by atoms with Crippen LogP contribution in [0.3, 0.4) is 0 Å². The zero-order valence-corrected chi connectivity index (χ0v) is 18.5. The van der Waals surface area contributed by atoms with Crippen LogP contribution in [0.4, 0.5) is 24.7 Å². The Morgan fingerprint density at radius 3 is 2.46 bits per heavy atom. The van der Waals surface area contributed by atoms with Gasteiger partial charge in [0.15, 0.2) is 0 Å². The lowest BCUT2D eigenvalue weighted by atomic mass is 10.0. The molecule has 2 aromatic heterocycles. The first kappa shape index (κ1) is 22.6. The molecule has 3 heterocycles. The number of nitrogens with one attached hydrogen (secondary N) is 1. The van der Waals surface area contributed by atoms with Crippen LogP contribution >= 0.6 is 0 Å². The zero-order valence-electron chi connectivity index (χ0n) is 18.5. The predicted octanol–water partition coefficient (Wildman–Crippen LogP) is 6.05. The summed E-state index contributed by atoms with van der Waals surface area (Å²) in [6, 6.07) is 14.8. The van der Waals surface area contributed by atoms with Crippen molar-refractivity contribution >= 4 is 28.2 Å². The fourth-order valence-electron chi connectivity index (χ4n) is 4.17. The van der Waals surface area contributed by atoms with Crippen LogP contribution < -0.4 is 15.0 Å². The van der Waals surface area contributed by atoms with Gasteiger partial charge in [-0.15, -0.1) is 13.2 Å². The summed E-state index contributed by atoms with van der Waals surface area (Å²) in [4.78, 5) is 24.0. The van der Waals surface area contributed by atoms with Gasteiger partial charge in [0.05, 0.1) is 5.56 Å². The van der Waals surface area contributed by atoms with Crippen LogP contribution in [0.15, 0.2) is 73.2 Å². The van der Waals surface area contributed by atoms with E-state index in [2.05, 4.69) is 24.9 Å². The zero-order chi connectivity index (χ0) is 24.4. The van der Waals surface area contributed by atoms with Crippen molar-refractivity contribution in [1.82, 2.24) is 9.97 Å². The molecule has 4 aromatic rings. The van der Waals surface area contributed by atoms with Gasteiger partial charge >= 0.3 is 6.36 Å². The normalized spacial score (nSPS) is 13.7. The first-order chi connectivity index (χ1) is 16.9. The van der Waals surface area contributed by atoms with Crippen molar-refractivity contribution in [3.8, 4) is 16.9 Å². The Labute approximate surface area is 199 Å². The third-order valence-electron chi connectivity index (χ3n) is 5.83. The van der Waals surface area contributed by atoms with Crippen molar-refractivity contribution in [2.24, 2.45) is 0 Å². The molecule has 1 saturated heterocycles. The summed E-state index contributed by atoms with van der Waals surface area (Å²) >= 11 is 0. The van der Waals surface area contributed by atoms with Gasteiger partial charge in [-0.3, -0.25) is 9.78 Å². The number of ether oxygens (including phenoxy) is 1. The van der Waals surface area contributed by atoms with E-state index in [-0.39, 0.29) is 5.75 Å². The van der Waals surface area contributed by atoms with E-state index in [1.165, 1.54) is 18.3 Å². The second-order valence-electron chi connectivity index (χ2n) is 8.25. The number of amides is 1. The maximum Gasteiger partial charge on any atom is 0.573 e. The molecule has 0 saturated carbocycles. The van der Waals surface area contributed by atoms with Crippen LogP contribution in [-0.2, 0) is 0 Å². The molecule has 0 spiro atoms. The highest BCUT2D eigenvalue weighted by molar-refractivity contribution is 6.05. The Kier molecular flexibility index (Phi) is 5.98. The summed E-state index contributed by atoms with van der Waals surface area (Å²) < 4.78 is 41.0. The van der Waals surface area contributed by atoms with Crippen molar-refractivity contribution in [2.45, 2.75) is 19.2 Å². The third kappa shape index (κ3) is 5.18. The van der Waals surface area contributed by atoms with Crippen LogP contribution in [-0.4, -0.2) is 35.3 Å². The molecule has 0 bridgehead atoms. The summed E-state index contributed by atoms with van der Waals surface area (Å²) in [5, 5.41) is 4.75. The molecule has 0 atom stereocenters. The maximum absolute atomic E-state index is 13.0. The highest BCUT2D eigenvalue weighted by atomic mass is 19.4. The number of nitrogens with zero attached hydrogens (tertiary/aromatic N) is 3. The molecule has 178 valence electrons. The maximum atomic E-state index is 13.0. The standard InChI is InChI=1S/C26H21F3N4O2/c27-26(28,29)35-22-7-5-21(6-8-22)32-25(34)20-14-23(24(31-16-20)33-11-1-2-12-33)18-4-3-17-9-10-30-15-19(17)13-18/h3-10,13-16H,1-2,11-12H2,(H,32,34). The van der Waals surface area contributed by atoms with Gasteiger partial charge in [-0.25, -0.2) is 4.98 Å². The van der Waals surface area contributed by atoms with E-state index in [1.54, 1.807) is 18.5 Å². The van der Waals surface area contributed by atoms with Gasteiger partial charge in [-0.05, 0) is 66.3 Å². The van der Waals surface area contributed by atoms with Crippen molar-refractivity contribution in [2.75, 3.05) is 23.3 Å². The van der Waals surface area contributed by atoms with Crippen molar-refractivity contribution < 1.29 is 22.7 Å². The topological polar surface area (TPSA) is 67.3 Å². The number of halogens is 3. The first-order valence-electron chi connectivity index (χ1n) is 11.1. The van der Waals surface area contributed by atoms with Gasteiger partial charge in [-0.1, -0.05) is 12.1 Å². The van der Waals surface area contributed by atoms with Crippen molar-refractivity contribution in [1.29, 1.82) is 0 Å². The summed E-state index contributed by atoms with van der Waals surface area (Å²) in [7, 11) is 0. The van der Waals surface area contributed by atoms with E-state index in [0.717, 1.165) is 65.8 Å². The minimum absolute atomic E-state index is 0.338. The van der Waals surface area contributed by atoms with Crippen LogP contribution in [0.1, 0.15) is 23.2 Å².